The molecule has 1 saturated carbocycles. The smallest absolute Gasteiger partial charge is 0.281 e. The van der Waals surface area contributed by atoms with Crippen LogP contribution < -0.4 is 5.32 Å². The first kappa shape index (κ1) is 16.2. The zero-order chi connectivity index (χ0) is 14.8. The molecule has 2 aliphatic rings. The molecular formula is C14H29N3O2S. The Labute approximate surface area is 123 Å². The van der Waals surface area contributed by atoms with Crippen molar-refractivity contribution in [2.24, 2.45) is 5.92 Å². The molecule has 5 nitrogen and oxygen atoms in total. The van der Waals surface area contributed by atoms with Crippen LogP contribution in [0.4, 0.5) is 0 Å². The van der Waals surface area contributed by atoms with E-state index < -0.39 is 10.2 Å². The summed E-state index contributed by atoms with van der Waals surface area (Å²) in [5.74, 6) is 0.651. The van der Waals surface area contributed by atoms with Crippen LogP contribution in [0.25, 0.3) is 0 Å². The third-order valence-corrected chi connectivity index (χ3v) is 7.10. The first-order chi connectivity index (χ1) is 9.45. The van der Waals surface area contributed by atoms with E-state index in [4.69, 9.17) is 0 Å². The molecule has 20 heavy (non-hydrogen) atoms. The van der Waals surface area contributed by atoms with Crippen LogP contribution in [0.1, 0.15) is 45.4 Å². The van der Waals surface area contributed by atoms with Gasteiger partial charge in [-0.15, -0.1) is 0 Å². The summed E-state index contributed by atoms with van der Waals surface area (Å²) in [4.78, 5) is 0. The van der Waals surface area contributed by atoms with E-state index >= 15 is 0 Å². The molecule has 0 aromatic rings. The van der Waals surface area contributed by atoms with Crippen LogP contribution in [-0.2, 0) is 10.2 Å². The van der Waals surface area contributed by atoms with Crippen molar-refractivity contribution in [1.29, 1.82) is 0 Å². The lowest BCUT2D eigenvalue weighted by Gasteiger charge is -2.38. The van der Waals surface area contributed by atoms with Gasteiger partial charge in [-0.3, -0.25) is 0 Å². The highest BCUT2D eigenvalue weighted by Gasteiger charge is 2.35. The lowest BCUT2D eigenvalue weighted by atomic mass is 9.91. The van der Waals surface area contributed by atoms with E-state index in [9.17, 15) is 8.42 Å². The van der Waals surface area contributed by atoms with Gasteiger partial charge >= 0.3 is 0 Å². The highest BCUT2D eigenvalue weighted by atomic mass is 32.2. The third kappa shape index (κ3) is 3.53. The standard InChI is InChI=1S/C14H29N3O2S/c1-12-8-10-17(11-9-12)20(18,19)16(3)14-6-4-13(15-2)5-7-14/h12-15H,4-11H2,1-3H3. The van der Waals surface area contributed by atoms with Crippen LogP contribution in [0, 0.1) is 5.92 Å². The number of nitrogens with zero attached hydrogens (tertiary/aromatic N) is 2. The molecule has 6 heteroatoms. The molecule has 118 valence electrons. The maximum absolute atomic E-state index is 12.7. The highest BCUT2D eigenvalue weighted by molar-refractivity contribution is 7.86. The number of hydrogen-bond acceptors (Lipinski definition) is 3. The second kappa shape index (κ2) is 6.73. The Kier molecular flexibility index (Phi) is 5.45. The average molecular weight is 303 g/mol. The van der Waals surface area contributed by atoms with E-state index in [1.165, 1.54) is 0 Å². The molecule has 1 saturated heterocycles. The van der Waals surface area contributed by atoms with E-state index in [-0.39, 0.29) is 6.04 Å². The van der Waals surface area contributed by atoms with Crippen LogP contribution in [0.5, 0.6) is 0 Å². The van der Waals surface area contributed by atoms with Gasteiger partial charge < -0.3 is 5.32 Å². The zero-order valence-corrected chi connectivity index (χ0v) is 13.8. The van der Waals surface area contributed by atoms with Crippen molar-refractivity contribution in [3.63, 3.8) is 0 Å². The second-order valence-electron chi connectivity index (χ2n) is 6.40. The zero-order valence-electron chi connectivity index (χ0n) is 13.0. The summed E-state index contributed by atoms with van der Waals surface area (Å²) < 4.78 is 28.7. The van der Waals surface area contributed by atoms with Crippen molar-refractivity contribution in [2.75, 3.05) is 27.2 Å². The molecule has 0 amide bonds. The van der Waals surface area contributed by atoms with Gasteiger partial charge in [0.25, 0.3) is 10.2 Å². The Balaban J connectivity index is 1.95. The Hall–Kier alpha value is -0.170. The van der Waals surface area contributed by atoms with Crippen molar-refractivity contribution in [3.8, 4) is 0 Å². The second-order valence-corrected chi connectivity index (χ2v) is 8.39. The molecule has 2 rings (SSSR count). The van der Waals surface area contributed by atoms with Crippen molar-refractivity contribution in [2.45, 2.75) is 57.5 Å². The van der Waals surface area contributed by atoms with E-state index in [1.54, 1.807) is 15.7 Å². The van der Waals surface area contributed by atoms with Gasteiger partial charge in [0.05, 0.1) is 0 Å². The maximum Gasteiger partial charge on any atom is 0.281 e. The van der Waals surface area contributed by atoms with Crippen molar-refractivity contribution < 1.29 is 8.42 Å². The Morgan fingerprint density at radius 3 is 2.10 bits per heavy atom. The van der Waals surface area contributed by atoms with Gasteiger partial charge in [0.1, 0.15) is 0 Å². The summed E-state index contributed by atoms with van der Waals surface area (Å²) in [6.45, 7) is 3.56. The highest BCUT2D eigenvalue weighted by Crippen LogP contribution is 2.27. The van der Waals surface area contributed by atoms with Gasteiger partial charge in [-0.05, 0) is 51.5 Å². The first-order valence-electron chi connectivity index (χ1n) is 7.85. The fraction of sp³-hybridized carbons (Fsp3) is 1.00. The quantitative estimate of drug-likeness (QED) is 0.855. The molecule has 0 atom stereocenters. The average Bonchev–Trinajstić information content (AvgIpc) is 2.47. The van der Waals surface area contributed by atoms with Crippen LogP contribution in [0.15, 0.2) is 0 Å². The molecule has 0 aromatic heterocycles. The number of hydrogen-bond donors (Lipinski definition) is 1. The molecule has 1 N–H and O–H groups in total. The summed E-state index contributed by atoms with van der Waals surface area (Å²) >= 11 is 0. The van der Waals surface area contributed by atoms with Crippen molar-refractivity contribution in [3.05, 3.63) is 0 Å². The summed E-state index contributed by atoms with van der Waals surface area (Å²) in [6.07, 6.45) is 6.03. The molecule has 1 aliphatic heterocycles. The van der Waals surface area contributed by atoms with E-state index in [1.807, 2.05) is 7.05 Å². The predicted octanol–water partition coefficient (Wildman–Crippen LogP) is 1.43. The Morgan fingerprint density at radius 2 is 1.60 bits per heavy atom. The summed E-state index contributed by atoms with van der Waals surface area (Å²) in [7, 11) is 0.485. The fourth-order valence-electron chi connectivity index (χ4n) is 3.31. The summed E-state index contributed by atoms with van der Waals surface area (Å²) in [5.41, 5.74) is 0. The lowest BCUT2D eigenvalue weighted by Crippen LogP contribution is -2.50. The normalized spacial score (nSPS) is 30.8. The largest absolute Gasteiger partial charge is 0.317 e. The molecule has 0 aromatic carbocycles. The maximum atomic E-state index is 12.7. The number of nitrogens with one attached hydrogen (secondary N) is 1. The van der Waals surface area contributed by atoms with Crippen LogP contribution >= 0.6 is 0 Å². The van der Waals surface area contributed by atoms with Gasteiger partial charge in [0.2, 0.25) is 0 Å². The van der Waals surface area contributed by atoms with E-state index in [2.05, 4.69) is 12.2 Å². The fourth-order valence-corrected chi connectivity index (χ4v) is 4.94. The molecule has 2 fully saturated rings. The Morgan fingerprint density at radius 1 is 1.05 bits per heavy atom. The van der Waals surface area contributed by atoms with Gasteiger partial charge in [-0.2, -0.15) is 17.0 Å². The lowest BCUT2D eigenvalue weighted by molar-refractivity contribution is 0.223. The minimum Gasteiger partial charge on any atom is -0.317 e. The van der Waals surface area contributed by atoms with Gasteiger partial charge in [-0.25, -0.2) is 0 Å². The van der Waals surface area contributed by atoms with Crippen LogP contribution in [0.2, 0.25) is 0 Å². The predicted molar refractivity (Wildman–Crippen MR) is 81.8 cm³/mol. The SMILES string of the molecule is CNC1CCC(N(C)S(=O)(=O)N2CCC(C)CC2)CC1. The van der Waals surface area contributed by atoms with Crippen molar-refractivity contribution >= 4 is 10.2 Å². The minimum atomic E-state index is -3.26. The molecule has 1 aliphatic carbocycles. The molecular weight excluding hydrogens is 274 g/mol. The van der Waals surface area contributed by atoms with Crippen LogP contribution in [-0.4, -0.2) is 56.3 Å². The molecule has 0 radical (unpaired) electrons. The number of piperidine rings is 1. The van der Waals surface area contributed by atoms with Gasteiger partial charge in [0, 0.05) is 32.2 Å². The first-order valence-corrected chi connectivity index (χ1v) is 9.25. The molecule has 0 spiro atoms. The Bertz CT molecular complexity index is 397. The molecule has 1 heterocycles. The van der Waals surface area contributed by atoms with Crippen LogP contribution in [0.3, 0.4) is 0 Å². The van der Waals surface area contributed by atoms with E-state index in [0.29, 0.717) is 25.0 Å². The van der Waals surface area contributed by atoms with E-state index in [0.717, 1.165) is 38.5 Å². The monoisotopic (exact) mass is 303 g/mol. The summed E-state index contributed by atoms with van der Waals surface area (Å²) in [5, 5.41) is 3.29. The van der Waals surface area contributed by atoms with Crippen molar-refractivity contribution in [1.82, 2.24) is 13.9 Å². The topological polar surface area (TPSA) is 52.7 Å². The molecule has 0 bridgehead atoms. The summed E-state index contributed by atoms with van der Waals surface area (Å²) in [6, 6.07) is 0.724. The van der Waals surface area contributed by atoms with Gasteiger partial charge in [-0.1, -0.05) is 6.92 Å². The number of rotatable bonds is 4. The van der Waals surface area contributed by atoms with Gasteiger partial charge in [0.15, 0.2) is 0 Å². The minimum absolute atomic E-state index is 0.170. The molecule has 0 unspecified atom stereocenters. The third-order valence-electron chi connectivity index (χ3n) is 5.05.